The first-order valence-electron chi connectivity index (χ1n) is 7.07. The molecule has 0 bridgehead atoms. The largest absolute Gasteiger partial charge is 0.335 e. The van der Waals surface area contributed by atoms with E-state index >= 15 is 0 Å². The Labute approximate surface area is 132 Å². The summed E-state index contributed by atoms with van der Waals surface area (Å²) >= 11 is 1.40. The molecule has 7 heteroatoms. The summed E-state index contributed by atoms with van der Waals surface area (Å²) in [6, 6.07) is 2.02. The molecule has 0 aliphatic heterocycles. The molecule has 0 saturated heterocycles. The van der Waals surface area contributed by atoms with E-state index in [1.54, 1.807) is 18.1 Å². The van der Waals surface area contributed by atoms with Crippen molar-refractivity contribution in [3.8, 4) is 0 Å². The van der Waals surface area contributed by atoms with Gasteiger partial charge in [-0.3, -0.25) is 14.3 Å². The molecule has 3 aromatic heterocycles. The summed E-state index contributed by atoms with van der Waals surface area (Å²) in [6.07, 6.45) is 5.38. The van der Waals surface area contributed by atoms with Gasteiger partial charge in [-0.05, 0) is 6.07 Å². The molecule has 116 valence electrons. The first-order valence-corrected chi connectivity index (χ1v) is 7.89. The normalized spacial score (nSPS) is 12.0. The maximum atomic E-state index is 12.5. The molecule has 0 spiro atoms. The lowest BCUT2D eigenvalue weighted by Gasteiger charge is -2.15. The van der Waals surface area contributed by atoms with Gasteiger partial charge in [-0.25, -0.2) is 4.98 Å². The van der Waals surface area contributed by atoms with Gasteiger partial charge in [0.2, 0.25) is 0 Å². The number of amides is 1. The van der Waals surface area contributed by atoms with Gasteiger partial charge < -0.3 is 4.90 Å². The number of imidazole rings is 1. The number of carbonyl (C=O) groups excluding carboxylic acids is 1. The van der Waals surface area contributed by atoms with Crippen LogP contribution < -0.4 is 0 Å². The highest BCUT2D eigenvalue weighted by Gasteiger charge is 2.20. The molecule has 0 aromatic carbocycles. The molecule has 0 aliphatic rings. The van der Waals surface area contributed by atoms with E-state index in [1.807, 2.05) is 22.9 Å². The van der Waals surface area contributed by atoms with Crippen LogP contribution in [0.1, 0.15) is 41.8 Å². The van der Waals surface area contributed by atoms with Crippen molar-refractivity contribution < 1.29 is 4.79 Å². The van der Waals surface area contributed by atoms with Crippen LogP contribution in [0.2, 0.25) is 0 Å². The maximum Gasteiger partial charge on any atom is 0.265 e. The first-order chi connectivity index (χ1) is 10.3. The third-order valence-electron chi connectivity index (χ3n) is 3.46. The lowest BCUT2D eigenvalue weighted by atomic mass is 9.92. The predicted octanol–water partition coefficient (Wildman–Crippen LogP) is 2.69. The molecule has 1 amide bonds. The second kappa shape index (κ2) is 5.24. The Kier molecular flexibility index (Phi) is 3.52. The van der Waals surface area contributed by atoms with Gasteiger partial charge in [-0.15, -0.1) is 0 Å². The molecule has 0 saturated carbocycles. The second-order valence-electron chi connectivity index (χ2n) is 6.40. The predicted molar refractivity (Wildman–Crippen MR) is 86.2 cm³/mol. The van der Waals surface area contributed by atoms with Crippen LogP contribution in [0, 0.1) is 0 Å². The fraction of sp³-hybridized carbons (Fsp3) is 0.400. The zero-order valence-corrected chi connectivity index (χ0v) is 13.9. The van der Waals surface area contributed by atoms with Gasteiger partial charge in [0.1, 0.15) is 4.88 Å². The van der Waals surface area contributed by atoms with Crippen molar-refractivity contribution in [2.24, 2.45) is 0 Å². The van der Waals surface area contributed by atoms with Crippen molar-refractivity contribution in [3.05, 3.63) is 40.9 Å². The number of nitrogens with one attached hydrogen (secondary N) is 1. The highest BCUT2D eigenvalue weighted by molar-refractivity contribution is 7.18. The van der Waals surface area contributed by atoms with Crippen LogP contribution in [0.25, 0.3) is 4.96 Å². The molecule has 6 nitrogen and oxygen atoms in total. The van der Waals surface area contributed by atoms with Crippen molar-refractivity contribution in [1.29, 1.82) is 0 Å². The van der Waals surface area contributed by atoms with Crippen LogP contribution in [0.5, 0.6) is 0 Å². The monoisotopic (exact) mass is 317 g/mol. The minimum absolute atomic E-state index is 0.00361. The number of H-pyrrole nitrogens is 1. The molecule has 3 rings (SSSR count). The van der Waals surface area contributed by atoms with Crippen LogP contribution in [0.4, 0.5) is 0 Å². The van der Waals surface area contributed by atoms with Gasteiger partial charge >= 0.3 is 0 Å². The number of aromatic nitrogens is 4. The van der Waals surface area contributed by atoms with Gasteiger partial charge in [-0.2, -0.15) is 5.10 Å². The van der Waals surface area contributed by atoms with Gasteiger partial charge in [0.25, 0.3) is 5.91 Å². The zero-order valence-electron chi connectivity index (χ0n) is 13.1. The molecular weight excluding hydrogens is 298 g/mol. The van der Waals surface area contributed by atoms with Crippen molar-refractivity contribution in [3.63, 3.8) is 0 Å². The Hall–Kier alpha value is -2.15. The Bertz CT molecular complexity index is 779. The molecule has 0 aliphatic carbocycles. The van der Waals surface area contributed by atoms with Gasteiger partial charge in [0.15, 0.2) is 4.96 Å². The van der Waals surface area contributed by atoms with Crippen molar-refractivity contribution in [2.45, 2.75) is 32.7 Å². The van der Waals surface area contributed by atoms with Crippen molar-refractivity contribution >= 4 is 22.2 Å². The van der Waals surface area contributed by atoms with E-state index in [4.69, 9.17) is 0 Å². The molecule has 22 heavy (non-hydrogen) atoms. The van der Waals surface area contributed by atoms with Crippen LogP contribution in [-0.2, 0) is 12.0 Å². The topological polar surface area (TPSA) is 66.3 Å². The summed E-state index contributed by atoms with van der Waals surface area (Å²) in [5.41, 5.74) is 1.93. The number of carbonyl (C=O) groups is 1. The number of fused-ring (bicyclic) bond motifs is 1. The fourth-order valence-corrected chi connectivity index (χ4v) is 3.11. The van der Waals surface area contributed by atoms with Crippen LogP contribution in [0.15, 0.2) is 24.7 Å². The molecule has 1 N–H and O–H groups in total. The number of thiazole rings is 1. The van der Waals surface area contributed by atoms with E-state index in [1.165, 1.54) is 11.3 Å². The minimum Gasteiger partial charge on any atom is -0.335 e. The van der Waals surface area contributed by atoms with Gasteiger partial charge in [-0.1, -0.05) is 32.1 Å². The lowest BCUT2D eigenvalue weighted by Crippen LogP contribution is -2.25. The maximum absolute atomic E-state index is 12.5. The zero-order chi connectivity index (χ0) is 15.9. The van der Waals surface area contributed by atoms with E-state index in [2.05, 4.69) is 36.0 Å². The number of nitrogens with zero attached hydrogens (tertiary/aromatic N) is 4. The van der Waals surface area contributed by atoms with E-state index in [9.17, 15) is 4.79 Å². The second-order valence-corrected chi connectivity index (χ2v) is 7.41. The summed E-state index contributed by atoms with van der Waals surface area (Å²) in [4.78, 5) is 19.9. The van der Waals surface area contributed by atoms with Crippen molar-refractivity contribution in [2.75, 3.05) is 7.05 Å². The average Bonchev–Trinajstić information content (AvgIpc) is 3.10. The highest BCUT2D eigenvalue weighted by Crippen LogP contribution is 2.22. The first kappa shape index (κ1) is 14.8. The number of aromatic amines is 1. The summed E-state index contributed by atoms with van der Waals surface area (Å²) in [5, 5.41) is 7.34. The minimum atomic E-state index is -0.0117. The third-order valence-corrected chi connectivity index (χ3v) is 4.45. The average molecular weight is 317 g/mol. The van der Waals surface area contributed by atoms with Crippen molar-refractivity contribution in [1.82, 2.24) is 24.5 Å². The van der Waals surface area contributed by atoms with Crippen LogP contribution >= 0.6 is 11.3 Å². The van der Waals surface area contributed by atoms with Gasteiger partial charge in [0, 0.05) is 31.1 Å². The molecule has 0 atom stereocenters. The summed E-state index contributed by atoms with van der Waals surface area (Å²) in [6.45, 7) is 6.85. The van der Waals surface area contributed by atoms with E-state index in [0.717, 1.165) is 16.3 Å². The number of rotatable bonds is 3. The standard InChI is InChI=1S/C15H19N5OS/c1-15(2,3)12-7-10(17-18-12)8-19(4)13(21)11-9-20-6-5-16-14(20)22-11/h5-7,9H,8H2,1-4H3,(H,17,18). The number of hydrogen-bond acceptors (Lipinski definition) is 4. The summed E-state index contributed by atoms with van der Waals surface area (Å²) < 4.78 is 1.86. The molecule has 0 unspecified atom stereocenters. The smallest absolute Gasteiger partial charge is 0.265 e. The highest BCUT2D eigenvalue weighted by atomic mass is 32.1. The molecule has 3 aromatic rings. The SMILES string of the molecule is CN(Cc1cc(C(C)(C)C)n[nH]1)C(=O)c1cn2ccnc2s1. The van der Waals surface area contributed by atoms with Crippen LogP contribution in [-0.4, -0.2) is 37.4 Å². The van der Waals surface area contributed by atoms with E-state index < -0.39 is 0 Å². The Morgan fingerprint density at radius 3 is 2.86 bits per heavy atom. The Morgan fingerprint density at radius 1 is 1.45 bits per heavy atom. The van der Waals surface area contributed by atoms with E-state index in [0.29, 0.717) is 11.4 Å². The Balaban J connectivity index is 1.73. The molecule has 0 fully saturated rings. The fourth-order valence-electron chi connectivity index (χ4n) is 2.17. The quantitative estimate of drug-likeness (QED) is 0.807. The molecule has 0 radical (unpaired) electrons. The third kappa shape index (κ3) is 2.76. The number of hydrogen-bond donors (Lipinski definition) is 1. The molecular formula is C15H19N5OS. The van der Waals surface area contributed by atoms with E-state index in [-0.39, 0.29) is 11.3 Å². The molecule has 3 heterocycles. The summed E-state index contributed by atoms with van der Waals surface area (Å²) in [5.74, 6) is -0.0117. The summed E-state index contributed by atoms with van der Waals surface area (Å²) in [7, 11) is 1.79. The lowest BCUT2D eigenvalue weighted by molar-refractivity contribution is 0.0788. The Morgan fingerprint density at radius 2 is 2.23 bits per heavy atom. The van der Waals surface area contributed by atoms with Crippen LogP contribution in [0.3, 0.4) is 0 Å². The van der Waals surface area contributed by atoms with Gasteiger partial charge in [0.05, 0.1) is 17.9 Å².